The highest BCUT2D eigenvalue weighted by Crippen LogP contribution is 2.48. The van der Waals surface area contributed by atoms with Gasteiger partial charge in [0.1, 0.15) is 23.8 Å². The van der Waals surface area contributed by atoms with Crippen molar-refractivity contribution in [2.45, 2.75) is 63.5 Å². The molecule has 10 nitrogen and oxygen atoms in total. The highest BCUT2D eigenvalue weighted by atomic mass is 19.2. The van der Waals surface area contributed by atoms with Gasteiger partial charge in [-0.1, -0.05) is 30.3 Å². The van der Waals surface area contributed by atoms with E-state index in [0.717, 1.165) is 19.1 Å². The topological polar surface area (TPSA) is 136 Å². The molecule has 3 N–H and O–H groups in total. The summed E-state index contributed by atoms with van der Waals surface area (Å²) in [4.78, 5) is 29.1. The van der Waals surface area contributed by atoms with Crippen molar-refractivity contribution in [1.29, 1.82) is 0 Å². The fraction of sp³-hybridized carbons (Fsp3) is 0.452. The van der Waals surface area contributed by atoms with Crippen LogP contribution in [0.1, 0.15) is 55.7 Å². The molecule has 4 rings (SSSR count). The van der Waals surface area contributed by atoms with Gasteiger partial charge in [-0.2, -0.15) is 0 Å². The van der Waals surface area contributed by atoms with Gasteiger partial charge in [-0.15, -0.1) is 0 Å². The van der Waals surface area contributed by atoms with Crippen LogP contribution < -0.4 is 5.32 Å². The van der Waals surface area contributed by atoms with Crippen LogP contribution in [-0.4, -0.2) is 67.2 Å². The Morgan fingerprint density at radius 1 is 1.16 bits per heavy atom. The van der Waals surface area contributed by atoms with E-state index >= 15 is 13.2 Å². The molecule has 13 heteroatoms. The number of esters is 1. The molecule has 1 aliphatic carbocycles. The molecule has 0 bridgehead atoms. The van der Waals surface area contributed by atoms with Crippen molar-refractivity contribution in [1.82, 2.24) is 5.32 Å². The van der Waals surface area contributed by atoms with Gasteiger partial charge in [-0.3, -0.25) is 4.99 Å². The lowest BCUT2D eigenvalue weighted by Crippen LogP contribution is -2.37. The molecule has 1 aliphatic heterocycles. The molecule has 1 amide bonds. The number of amides is 1. The van der Waals surface area contributed by atoms with Crippen molar-refractivity contribution in [2.24, 2.45) is 4.99 Å². The minimum atomic E-state index is -1.66. The minimum absolute atomic E-state index is 0.0878. The summed E-state index contributed by atoms with van der Waals surface area (Å²) in [6, 6.07) is 8.38. The second kappa shape index (κ2) is 15.2. The lowest BCUT2D eigenvalue weighted by Gasteiger charge is -2.23. The Kier molecular flexibility index (Phi) is 11.4. The second-order valence-corrected chi connectivity index (χ2v) is 10.4. The van der Waals surface area contributed by atoms with Crippen molar-refractivity contribution in [3.05, 3.63) is 76.1 Å². The van der Waals surface area contributed by atoms with E-state index in [0.29, 0.717) is 24.7 Å². The number of hydrogen-bond donors (Lipinski definition) is 3. The Labute approximate surface area is 252 Å². The van der Waals surface area contributed by atoms with E-state index in [9.17, 15) is 19.8 Å². The molecular formula is C31H35F3N2O8. The number of rotatable bonds is 13. The molecule has 238 valence electrons. The van der Waals surface area contributed by atoms with E-state index in [4.69, 9.17) is 18.9 Å². The van der Waals surface area contributed by atoms with E-state index in [1.165, 1.54) is 6.92 Å². The molecule has 0 aromatic heterocycles. The summed E-state index contributed by atoms with van der Waals surface area (Å²) in [5, 5.41) is 23.0. The largest absolute Gasteiger partial charge is 0.506 e. The maximum atomic E-state index is 15.4. The molecule has 44 heavy (non-hydrogen) atoms. The summed E-state index contributed by atoms with van der Waals surface area (Å²) in [5.41, 5.74) is -3.26. The fourth-order valence-electron chi connectivity index (χ4n) is 4.67. The van der Waals surface area contributed by atoms with E-state index in [1.807, 2.05) is 0 Å². The summed E-state index contributed by atoms with van der Waals surface area (Å²) >= 11 is 0. The Morgan fingerprint density at radius 3 is 2.55 bits per heavy atom. The first-order valence-corrected chi connectivity index (χ1v) is 14.3. The number of aliphatic imine (C=N–C) groups is 1. The lowest BCUT2D eigenvalue weighted by molar-refractivity contribution is -0.165. The average Bonchev–Trinajstić information content (AvgIpc) is 3.80. The van der Waals surface area contributed by atoms with Crippen LogP contribution >= 0.6 is 0 Å². The van der Waals surface area contributed by atoms with Crippen molar-refractivity contribution >= 4 is 24.0 Å². The minimum Gasteiger partial charge on any atom is -0.506 e. The highest BCUT2D eigenvalue weighted by molar-refractivity contribution is 6.15. The first-order valence-electron chi connectivity index (χ1n) is 14.3. The molecular weight excluding hydrogens is 585 g/mol. The predicted molar refractivity (Wildman–Crippen MR) is 152 cm³/mol. The number of carbonyl (C=O) groups excluding carboxylic acids is 2. The number of benzene rings is 2. The monoisotopic (exact) mass is 620 g/mol. The summed E-state index contributed by atoms with van der Waals surface area (Å²) in [7, 11) is 0. The van der Waals surface area contributed by atoms with E-state index in [2.05, 4.69) is 10.3 Å². The zero-order chi connectivity index (χ0) is 31.7. The molecule has 0 radical (unpaired) electrons. The number of aliphatic hydroxyl groups is 2. The van der Waals surface area contributed by atoms with Crippen LogP contribution in [0.4, 0.5) is 18.0 Å². The molecule has 1 heterocycles. The summed E-state index contributed by atoms with van der Waals surface area (Å²) < 4.78 is 67.4. The number of halogens is 3. The molecule has 1 saturated heterocycles. The van der Waals surface area contributed by atoms with Gasteiger partial charge in [0.25, 0.3) is 0 Å². The molecule has 2 aromatic rings. The van der Waals surface area contributed by atoms with Gasteiger partial charge in [0.2, 0.25) is 0 Å². The second-order valence-electron chi connectivity index (χ2n) is 10.4. The number of hydrogen-bond acceptors (Lipinski definition) is 9. The molecule has 0 spiro atoms. The number of carbonyl (C=O) groups is 2. The summed E-state index contributed by atoms with van der Waals surface area (Å²) in [6.07, 6.45) is 2.10. The number of aliphatic hydroxyl groups excluding tert-OH is 2. The quantitative estimate of drug-likeness (QED) is 0.0953. The maximum absolute atomic E-state index is 15.4. The summed E-state index contributed by atoms with van der Waals surface area (Å²) in [6.45, 7) is 1.20. The lowest BCUT2D eigenvalue weighted by atomic mass is 9.98. The van der Waals surface area contributed by atoms with Gasteiger partial charge in [0.15, 0.2) is 17.9 Å². The van der Waals surface area contributed by atoms with Gasteiger partial charge < -0.3 is 34.5 Å². The Balaban J connectivity index is 1.56. The van der Waals surface area contributed by atoms with Crippen LogP contribution in [-0.2, 0) is 35.9 Å². The SMILES string of the molecule is CCOC(=O)/C(C=NC(CO)COC1CCCCO1)=C(\O)c1cc(F)c(C2(NC(=O)OCc3ccccc3)CC2)c(F)c1F. The van der Waals surface area contributed by atoms with Crippen molar-refractivity contribution in [2.75, 3.05) is 26.4 Å². The molecule has 1 saturated carbocycles. The molecule has 2 unspecified atom stereocenters. The standard InChI is InChI=1S/C31H35F3N2O8/c1-2-41-29(39)22(15-35-20(16-37)18-43-24-10-6-7-13-42-24)28(38)21-14-23(32)25(27(34)26(21)33)31(11-12-31)36-30(40)44-17-19-8-4-3-5-9-19/h3-5,8-9,14-15,20,24,37-38H,2,6-7,10-13,16-18H2,1H3,(H,36,40)/b28-22-,35-15?. The normalized spacial score (nSPS) is 18.8. The number of ether oxygens (including phenoxy) is 4. The third-order valence-corrected chi connectivity index (χ3v) is 7.18. The zero-order valence-electron chi connectivity index (χ0n) is 24.2. The summed E-state index contributed by atoms with van der Waals surface area (Å²) in [5.74, 6) is -6.85. The number of nitrogens with one attached hydrogen (secondary N) is 1. The Bertz CT molecular complexity index is 1380. The maximum Gasteiger partial charge on any atom is 0.408 e. The molecule has 2 fully saturated rings. The first kappa shape index (κ1) is 33.0. The zero-order valence-corrected chi connectivity index (χ0v) is 24.2. The van der Waals surface area contributed by atoms with Crippen LogP contribution in [0.2, 0.25) is 0 Å². The van der Waals surface area contributed by atoms with Crippen LogP contribution in [0.25, 0.3) is 5.76 Å². The Hall–Kier alpha value is -3.94. The van der Waals surface area contributed by atoms with Gasteiger partial charge in [0, 0.05) is 12.8 Å². The van der Waals surface area contributed by atoms with Crippen LogP contribution in [0.3, 0.4) is 0 Å². The van der Waals surface area contributed by atoms with Gasteiger partial charge in [-0.05, 0) is 50.7 Å². The third kappa shape index (κ3) is 8.16. The number of alkyl carbamates (subject to hydrolysis) is 1. The van der Waals surface area contributed by atoms with Crippen molar-refractivity contribution in [3.8, 4) is 0 Å². The van der Waals surface area contributed by atoms with E-state index in [-0.39, 0.29) is 32.7 Å². The Morgan fingerprint density at radius 2 is 1.91 bits per heavy atom. The number of nitrogens with zero attached hydrogens (tertiary/aromatic N) is 1. The third-order valence-electron chi connectivity index (χ3n) is 7.18. The molecule has 2 aliphatic rings. The first-order chi connectivity index (χ1) is 21.2. The smallest absolute Gasteiger partial charge is 0.408 e. The van der Waals surface area contributed by atoms with Gasteiger partial charge >= 0.3 is 12.1 Å². The average molecular weight is 621 g/mol. The van der Waals surface area contributed by atoms with Gasteiger partial charge in [0.05, 0.1) is 42.5 Å². The van der Waals surface area contributed by atoms with Crippen LogP contribution in [0.15, 0.2) is 47.0 Å². The van der Waals surface area contributed by atoms with E-state index in [1.54, 1.807) is 30.3 Å². The predicted octanol–water partition coefficient (Wildman–Crippen LogP) is 4.83. The van der Waals surface area contributed by atoms with Crippen LogP contribution in [0, 0.1) is 17.5 Å². The molecule has 2 atom stereocenters. The van der Waals surface area contributed by atoms with E-state index < -0.39 is 76.5 Å². The highest BCUT2D eigenvalue weighted by Gasteiger charge is 2.51. The fourth-order valence-corrected chi connectivity index (χ4v) is 4.67. The van der Waals surface area contributed by atoms with Crippen molar-refractivity contribution in [3.63, 3.8) is 0 Å². The van der Waals surface area contributed by atoms with Crippen molar-refractivity contribution < 1.29 is 51.9 Å². The van der Waals surface area contributed by atoms with Crippen LogP contribution in [0.5, 0.6) is 0 Å². The van der Waals surface area contributed by atoms with Gasteiger partial charge in [-0.25, -0.2) is 22.8 Å². The molecule has 2 aromatic carbocycles.